The minimum absolute atomic E-state index is 0.00231. The summed E-state index contributed by atoms with van der Waals surface area (Å²) in [6, 6.07) is 0. The maximum atomic E-state index is 11.1. The number of hydrogen-bond donors (Lipinski definition) is 0. The molecule has 58 valence electrons. The Labute approximate surface area is 69.1 Å². The second kappa shape index (κ2) is 2.22. The molecule has 1 saturated heterocycles. The van der Waals surface area contributed by atoms with Gasteiger partial charge >= 0.3 is 5.97 Å². The van der Waals surface area contributed by atoms with E-state index in [0.717, 1.165) is 0 Å². The lowest BCUT2D eigenvalue weighted by Crippen LogP contribution is -2.27. The molecule has 0 amide bonds. The van der Waals surface area contributed by atoms with Crippen LogP contribution >= 0.6 is 15.9 Å². The van der Waals surface area contributed by atoms with Gasteiger partial charge in [0.2, 0.25) is 0 Å². The van der Waals surface area contributed by atoms with Crippen molar-refractivity contribution in [1.29, 1.82) is 0 Å². The van der Waals surface area contributed by atoms with Crippen molar-refractivity contribution in [3.8, 4) is 0 Å². The van der Waals surface area contributed by atoms with Gasteiger partial charge in [-0.25, -0.2) is 0 Å². The lowest BCUT2D eigenvalue weighted by atomic mass is 9.90. The first-order valence-corrected chi connectivity index (χ1v) is 4.23. The van der Waals surface area contributed by atoms with Crippen LogP contribution in [-0.2, 0) is 9.53 Å². The number of cyclic esters (lactones) is 1. The summed E-state index contributed by atoms with van der Waals surface area (Å²) in [7, 11) is 0. The van der Waals surface area contributed by atoms with E-state index in [9.17, 15) is 4.79 Å². The Kier molecular flexibility index (Phi) is 1.79. The van der Waals surface area contributed by atoms with Gasteiger partial charge in [-0.15, -0.1) is 0 Å². The Bertz CT molecular complexity index is 165. The second-order valence-corrected chi connectivity index (χ2v) is 4.22. The number of esters is 1. The highest BCUT2D eigenvalue weighted by Gasteiger charge is 2.47. The van der Waals surface area contributed by atoms with Gasteiger partial charge in [-0.1, -0.05) is 15.9 Å². The van der Waals surface area contributed by atoms with Gasteiger partial charge in [0.1, 0.15) is 6.10 Å². The molecule has 1 rings (SSSR count). The lowest BCUT2D eigenvalue weighted by molar-refractivity contribution is -0.147. The van der Waals surface area contributed by atoms with Crippen LogP contribution in [-0.4, -0.2) is 16.9 Å². The smallest absolute Gasteiger partial charge is 0.313 e. The van der Waals surface area contributed by atoms with Crippen LogP contribution < -0.4 is 0 Å². The summed E-state index contributed by atoms with van der Waals surface area (Å²) in [6.07, 6.45) is 0.00231. The molecule has 1 fully saturated rings. The van der Waals surface area contributed by atoms with Crippen LogP contribution in [0.3, 0.4) is 0 Å². The maximum absolute atomic E-state index is 11.1. The molecule has 2 atom stereocenters. The van der Waals surface area contributed by atoms with Crippen molar-refractivity contribution in [1.82, 2.24) is 0 Å². The molecule has 0 N–H and O–H groups in total. The zero-order valence-corrected chi connectivity index (χ0v) is 7.94. The number of halogens is 1. The predicted molar refractivity (Wildman–Crippen MR) is 42.1 cm³/mol. The van der Waals surface area contributed by atoms with Crippen molar-refractivity contribution >= 4 is 21.9 Å². The van der Waals surface area contributed by atoms with E-state index in [1.165, 1.54) is 0 Å². The van der Waals surface area contributed by atoms with Gasteiger partial charge in [0, 0.05) is 0 Å². The molecule has 0 radical (unpaired) electrons. The molecule has 1 aliphatic rings. The van der Waals surface area contributed by atoms with E-state index in [0.29, 0.717) is 0 Å². The minimum atomic E-state index is -0.362. The van der Waals surface area contributed by atoms with Gasteiger partial charge in [0.15, 0.2) is 0 Å². The Morgan fingerprint density at radius 2 is 2.10 bits per heavy atom. The summed E-state index contributed by atoms with van der Waals surface area (Å²) in [6.45, 7) is 5.67. The summed E-state index contributed by atoms with van der Waals surface area (Å²) in [5.74, 6) is -0.109. The van der Waals surface area contributed by atoms with Crippen LogP contribution in [0.15, 0.2) is 0 Å². The van der Waals surface area contributed by atoms with Crippen LogP contribution in [0.2, 0.25) is 0 Å². The van der Waals surface area contributed by atoms with Crippen LogP contribution in [0.4, 0.5) is 0 Å². The van der Waals surface area contributed by atoms with E-state index < -0.39 is 0 Å². The SMILES string of the molecule is CC1OC(=O)C(C)(C)C1Br. The molecule has 0 spiro atoms. The van der Waals surface area contributed by atoms with Gasteiger partial charge < -0.3 is 4.74 Å². The average Bonchev–Trinajstić information content (AvgIpc) is 1.97. The molecular formula is C7H11BrO2. The number of alkyl halides is 1. The lowest BCUT2D eigenvalue weighted by Gasteiger charge is -2.16. The molecule has 1 heterocycles. The van der Waals surface area contributed by atoms with Crippen LogP contribution in [0.25, 0.3) is 0 Å². The molecule has 0 aliphatic carbocycles. The Morgan fingerprint density at radius 3 is 2.20 bits per heavy atom. The number of hydrogen-bond acceptors (Lipinski definition) is 2. The van der Waals surface area contributed by atoms with E-state index in [-0.39, 0.29) is 22.3 Å². The third-order valence-corrected chi connectivity index (χ3v) is 3.81. The van der Waals surface area contributed by atoms with E-state index in [1.807, 2.05) is 20.8 Å². The van der Waals surface area contributed by atoms with Crippen molar-refractivity contribution in [2.24, 2.45) is 5.41 Å². The van der Waals surface area contributed by atoms with E-state index in [1.54, 1.807) is 0 Å². The number of ether oxygens (including phenoxy) is 1. The molecule has 0 aromatic rings. The predicted octanol–water partition coefficient (Wildman–Crippen LogP) is 1.72. The summed E-state index contributed by atoms with van der Waals surface area (Å²) in [4.78, 5) is 11.2. The minimum Gasteiger partial charge on any atom is -0.461 e. The van der Waals surface area contributed by atoms with Gasteiger partial charge in [-0.05, 0) is 20.8 Å². The van der Waals surface area contributed by atoms with Crippen LogP contribution in [0.1, 0.15) is 20.8 Å². The highest BCUT2D eigenvalue weighted by atomic mass is 79.9. The second-order valence-electron chi connectivity index (χ2n) is 3.23. The molecule has 2 unspecified atom stereocenters. The summed E-state index contributed by atoms with van der Waals surface area (Å²) in [5, 5.41) is 0. The Hall–Kier alpha value is -0.0500. The summed E-state index contributed by atoms with van der Waals surface area (Å²) in [5.41, 5.74) is -0.362. The molecule has 0 aromatic carbocycles. The highest BCUT2D eigenvalue weighted by Crippen LogP contribution is 2.38. The van der Waals surface area contributed by atoms with Crippen molar-refractivity contribution in [2.75, 3.05) is 0 Å². The molecular weight excluding hydrogens is 196 g/mol. The zero-order valence-electron chi connectivity index (χ0n) is 6.35. The van der Waals surface area contributed by atoms with Crippen LogP contribution in [0, 0.1) is 5.41 Å². The van der Waals surface area contributed by atoms with E-state index >= 15 is 0 Å². The van der Waals surface area contributed by atoms with Gasteiger partial charge in [-0.2, -0.15) is 0 Å². The third kappa shape index (κ3) is 0.965. The third-order valence-electron chi connectivity index (χ3n) is 1.92. The topological polar surface area (TPSA) is 26.3 Å². The van der Waals surface area contributed by atoms with Crippen molar-refractivity contribution in [3.63, 3.8) is 0 Å². The largest absolute Gasteiger partial charge is 0.461 e. The first-order chi connectivity index (χ1) is 4.46. The van der Waals surface area contributed by atoms with Crippen molar-refractivity contribution in [3.05, 3.63) is 0 Å². The molecule has 0 bridgehead atoms. The monoisotopic (exact) mass is 206 g/mol. The zero-order chi connectivity index (χ0) is 7.94. The normalized spacial score (nSPS) is 37.8. The Balaban J connectivity index is 2.85. The number of rotatable bonds is 0. The molecule has 1 aliphatic heterocycles. The van der Waals surface area contributed by atoms with Gasteiger partial charge in [0.25, 0.3) is 0 Å². The standard InChI is InChI=1S/C7H11BrO2/c1-4-5(8)7(2,3)6(9)10-4/h4-5H,1-3H3. The number of carbonyl (C=O) groups is 1. The maximum Gasteiger partial charge on any atom is 0.313 e. The molecule has 2 nitrogen and oxygen atoms in total. The highest BCUT2D eigenvalue weighted by molar-refractivity contribution is 9.09. The fraction of sp³-hybridized carbons (Fsp3) is 0.857. The molecule has 0 saturated carbocycles. The molecule has 3 heteroatoms. The van der Waals surface area contributed by atoms with Crippen LogP contribution in [0.5, 0.6) is 0 Å². The van der Waals surface area contributed by atoms with E-state index in [4.69, 9.17) is 4.74 Å². The molecule has 0 aromatic heterocycles. The summed E-state index contributed by atoms with van der Waals surface area (Å²) < 4.78 is 5.00. The average molecular weight is 207 g/mol. The van der Waals surface area contributed by atoms with Gasteiger partial charge in [-0.3, -0.25) is 4.79 Å². The molecule has 10 heavy (non-hydrogen) atoms. The van der Waals surface area contributed by atoms with Crippen molar-refractivity contribution < 1.29 is 9.53 Å². The summed E-state index contributed by atoms with van der Waals surface area (Å²) >= 11 is 3.42. The first kappa shape index (κ1) is 8.05. The number of carbonyl (C=O) groups excluding carboxylic acids is 1. The van der Waals surface area contributed by atoms with Gasteiger partial charge in [0.05, 0.1) is 10.2 Å². The fourth-order valence-electron chi connectivity index (χ4n) is 1.08. The Morgan fingerprint density at radius 1 is 1.60 bits per heavy atom. The quantitative estimate of drug-likeness (QED) is 0.446. The first-order valence-electron chi connectivity index (χ1n) is 3.31. The fourth-order valence-corrected chi connectivity index (χ4v) is 1.37. The van der Waals surface area contributed by atoms with E-state index in [2.05, 4.69) is 15.9 Å². The van der Waals surface area contributed by atoms with Crippen molar-refractivity contribution in [2.45, 2.75) is 31.7 Å².